The lowest BCUT2D eigenvalue weighted by molar-refractivity contribution is -0.146. The van der Waals surface area contributed by atoms with Gasteiger partial charge in [0.05, 0.1) is 20.6 Å². The monoisotopic (exact) mass is 411 g/mol. The zero-order valence-corrected chi connectivity index (χ0v) is 16.1. The van der Waals surface area contributed by atoms with Crippen molar-refractivity contribution in [2.75, 3.05) is 26.1 Å². The Hall–Kier alpha value is -2.81. The molecule has 0 aliphatic heterocycles. The van der Waals surface area contributed by atoms with Gasteiger partial charge in [0.25, 0.3) is 11.7 Å². The van der Waals surface area contributed by atoms with Gasteiger partial charge in [0, 0.05) is 22.2 Å². The van der Waals surface area contributed by atoms with Gasteiger partial charge >= 0.3 is 5.97 Å². The van der Waals surface area contributed by atoms with E-state index in [4.69, 9.17) is 14.2 Å². The smallest absolute Gasteiger partial charge is 0.310 e. The van der Waals surface area contributed by atoms with Gasteiger partial charge in [-0.3, -0.25) is 9.59 Å². The second kappa shape index (κ2) is 10.5. The summed E-state index contributed by atoms with van der Waals surface area (Å²) >= 11 is 0.413. The third kappa shape index (κ3) is 6.73. The second-order valence-electron chi connectivity index (χ2n) is 5.47. The quantitative estimate of drug-likeness (QED) is 0.501. The number of benzene rings is 2. The molecule has 0 unspecified atom stereocenters. The average Bonchev–Trinajstić information content (AvgIpc) is 2.68. The number of alkyl halides is 2. The first-order chi connectivity index (χ1) is 13.4. The van der Waals surface area contributed by atoms with E-state index in [1.165, 1.54) is 38.5 Å². The topological polar surface area (TPSA) is 73.9 Å². The van der Waals surface area contributed by atoms with Gasteiger partial charge in [-0.1, -0.05) is 17.8 Å². The van der Waals surface area contributed by atoms with Gasteiger partial charge in [-0.05, 0) is 30.3 Å². The lowest BCUT2D eigenvalue weighted by atomic mass is 10.1. The molecule has 0 aliphatic carbocycles. The number of thioether (sulfide) groups is 1. The largest absolute Gasteiger partial charge is 0.497 e. The highest BCUT2D eigenvalue weighted by atomic mass is 32.2. The summed E-state index contributed by atoms with van der Waals surface area (Å²) in [7, 11) is 2.99. The molecule has 0 radical (unpaired) electrons. The Kier molecular flexibility index (Phi) is 8.06. The van der Waals surface area contributed by atoms with Gasteiger partial charge in [-0.2, -0.15) is 8.78 Å². The first-order valence-electron chi connectivity index (χ1n) is 8.12. The molecule has 0 fully saturated rings. The highest BCUT2D eigenvalue weighted by Gasteiger charge is 2.13. The van der Waals surface area contributed by atoms with Crippen LogP contribution in [0.15, 0.2) is 47.4 Å². The van der Waals surface area contributed by atoms with Crippen LogP contribution in [0.4, 0.5) is 14.5 Å². The summed E-state index contributed by atoms with van der Waals surface area (Å²) < 4.78 is 39.8. The van der Waals surface area contributed by atoms with Crippen LogP contribution < -0.4 is 14.8 Å². The lowest BCUT2D eigenvalue weighted by Crippen LogP contribution is -2.21. The second-order valence-corrected chi connectivity index (χ2v) is 6.53. The van der Waals surface area contributed by atoms with Crippen LogP contribution in [-0.4, -0.2) is 38.5 Å². The number of methoxy groups -OCH3 is 2. The number of anilines is 1. The number of nitrogens with one attached hydrogen (secondary N) is 1. The number of halogens is 2. The molecular weight excluding hydrogens is 392 g/mol. The molecule has 0 saturated heterocycles. The van der Waals surface area contributed by atoms with Crippen LogP contribution in [0.1, 0.15) is 5.56 Å². The van der Waals surface area contributed by atoms with Crippen molar-refractivity contribution >= 4 is 29.3 Å². The van der Waals surface area contributed by atoms with E-state index in [1.54, 1.807) is 18.2 Å². The van der Waals surface area contributed by atoms with E-state index in [-0.39, 0.29) is 6.42 Å². The van der Waals surface area contributed by atoms with E-state index >= 15 is 0 Å². The third-order valence-corrected chi connectivity index (χ3v) is 4.28. The zero-order valence-electron chi connectivity index (χ0n) is 15.2. The molecule has 0 heterocycles. The van der Waals surface area contributed by atoms with Crippen LogP contribution in [-0.2, 0) is 20.7 Å². The maximum absolute atomic E-state index is 12.3. The molecule has 0 aliphatic rings. The number of carbonyl (C=O) groups is 2. The van der Waals surface area contributed by atoms with Crippen molar-refractivity contribution in [2.24, 2.45) is 0 Å². The molecular formula is C19H19F2NO5S. The fourth-order valence-electron chi connectivity index (χ4n) is 2.27. The van der Waals surface area contributed by atoms with Gasteiger partial charge in [0.1, 0.15) is 11.5 Å². The molecule has 150 valence electrons. The van der Waals surface area contributed by atoms with E-state index < -0.39 is 24.2 Å². The Morgan fingerprint density at radius 2 is 1.79 bits per heavy atom. The predicted molar refractivity (Wildman–Crippen MR) is 101 cm³/mol. The minimum absolute atomic E-state index is 0.0694. The molecule has 0 atom stereocenters. The SMILES string of the molecule is COc1ccc(CC(=O)OCC(=O)Nc2ccc(SC(F)F)cc2)c(OC)c1. The van der Waals surface area contributed by atoms with Crippen LogP contribution >= 0.6 is 11.8 Å². The van der Waals surface area contributed by atoms with Crippen LogP contribution in [0.2, 0.25) is 0 Å². The summed E-state index contributed by atoms with van der Waals surface area (Å²) in [6, 6.07) is 10.9. The fraction of sp³-hybridized carbons (Fsp3) is 0.263. The van der Waals surface area contributed by atoms with Crippen molar-refractivity contribution in [1.29, 1.82) is 0 Å². The normalized spacial score (nSPS) is 10.5. The maximum Gasteiger partial charge on any atom is 0.310 e. The van der Waals surface area contributed by atoms with Gasteiger partial charge in [0.15, 0.2) is 6.61 Å². The standard InChI is InChI=1S/C19H19F2NO5S/c1-25-14-6-3-12(16(10-14)26-2)9-18(24)27-11-17(23)22-13-4-7-15(8-5-13)28-19(20)21/h3-8,10,19H,9,11H2,1-2H3,(H,22,23). The van der Waals surface area contributed by atoms with Crippen LogP contribution in [0.25, 0.3) is 0 Å². The third-order valence-electron chi connectivity index (χ3n) is 3.56. The Morgan fingerprint density at radius 3 is 2.39 bits per heavy atom. The minimum Gasteiger partial charge on any atom is -0.497 e. The Morgan fingerprint density at radius 1 is 1.07 bits per heavy atom. The number of carbonyl (C=O) groups excluding carboxylic acids is 2. The van der Waals surface area contributed by atoms with Crippen molar-refractivity contribution < 1.29 is 32.6 Å². The molecule has 0 aromatic heterocycles. The minimum atomic E-state index is -2.51. The summed E-state index contributed by atoms with van der Waals surface area (Å²) in [5.41, 5.74) is 1.01. The number of rotatable bonds is 9. The van der Waals surface area contributed by atoms with Crippen molar-refractivity contribution in [3.63, 3.8) is 0 Å². The Bertz CT molecular complexity index is 814. The van der Waals surface area contributed by atoms with Gasteiger partial charge in [-0.25, -0.2) is 0 Å². The summed E-state index contributed by atoms with van der Waals surface area (Å²) in [6.45, 7) is -0.467. The van der Waals surface area contributed by atoms with Gasteiger partial charge in [-0.15, -0.1) is 0 Å². The molecule has 1 N–H and O–H groups in total. The molecule has 0 bridgehead atoms. The fourth-order valence-corrected chi connectivity index (χ4v) is 2.77. The molecule has 6 nitrogen and oxygen atoms in total. The number of esters is 1. The zero-order chi connectivity index (χ0) is 20.5. The first-order valence-corrected chi connectivity index (χ1v) is 9.00. The first kappa shape index (κ1) is 21.5. The maximum atomic E-state index is 12.3. The van der Waals surface area contributed by atoms with Crippen LogP contribution in [0.5, 0.6) is 11.5 Å². The molecule has 28 heavy (non-hydrogen) atoms. The van der Waals surface area contributed by atoms with E-state index in [0.717, 1.165) is 0 Å². The summed E-state index contributed by atoms with van der Waals surface area (Å²) in [5.74, 6) is -2.58. The number of hydrogen-bond acceptors (Lipinski definition) is 6. The van der Waals surface area contributed by atoms with E-state index in [0.29, 0.717) is 39.4 Å². The number of amides is 1. The number of ether oxygens (including phenoxy) is 3. The van der Waals surface area contributed by atoms with E-state index in [9.17, 15) is 18.4 Å². The van der Waals surface area contributed by atoms with E-state index in [2.05, 4.69) is 5.32 Å². The predicted octanol–water partition coefficient (Wildman–Crippen LogP) is 3.74. The van der Waals surface area contributed by atoms with Crippen molar-refractivity contribution in [2.45, 2.75) is 17.1 Å². The molecule has 2 aromatic rings. The molecule has 2 rings (SSSR count). The molecule has 2 aromatic carbocycles. The summed E-state index contributed by atoms with van der Waals surface area (Å²) in [5, 5.41) is 2.53. The highest BCUT2D eigenvalue weighted by Crippen LogP contribution is 2.26. The number of hydrogen-bond donors (Lipinski definition) is 1. The van der Waals surface area contributed by atoms with Crippen molar-refractivity contribution in [1.82, 2.24) is 0 Å². The molecule has 9 heteroatoms. The van der Waals surface area contributed by atoms with Gasteiger partial charge < -0.3 is 19.5 Å². The van der Waals surface area contributed by atoms with E-state index in [1.807, 2.05) is 0 Å². The van der Waals surface area contributed by atoms with Crippen molar-refractivity contribution in [3.8, 4) is 11.5 Å². The molecule has 0 spiro atoms. The molecule has 1 amide bonds. The van der Waals surface area contributed by atoms with Crippen LogP contribution in [0, 0.1) is 0 Å². The molecule has 0 saturated carbocycles. The lowest BCUT2D eigenvalue weighted by Gasteiger charge is -2.10. The highest BCUT2D eigenvalue weighted by molar-refractivity contribution is 7.99. The Balaban J connectivity index is 1.83. The van der Waals surface area contributed by atoms with Crippen molar-refractivity contribution in [3.05, 3.63) is 48.0 Å². The summed E-state index contributed by atoms with van der Waals surface area (Å²) in [6.07, 6.45) is -0.0694. The Labute approximate surface area is 165 Å². The average molecular weight is 411 g/mol. The van der Waals surface area contributed by atoms with Gasteiger partial charge in [0.2, 0.25) is 0 Å². The summed E-state index contributed by atoms with van der Waals surface area (Å²) in [4.78, 5) is 24.2. The van der Waals surface area contributed by atoms with Crippen LogP contribution in [0.3, 0.4) is 0 Å².